The first kappa shape index (κ1) is 14.8. The molecule has 0 bridgehead atoms. The van der Waals surface area contributed by atoms with Gasteiger partial charge in [0, 0.05) is 18.2 Å². The Labute approximate surface area is 132 Å². The highest BCUT2D eigenvalue weighted by Crippen LogP contribution is 2.21. The second kappa shape index (κ2) is 7.21. The van der Waals surface area contributed by atoms with Crippen LogP contribution in [0.15, 0.2) is 48.0 Å². The number of rotatable bonds is 5. The lowest BCUT2D eigenvalue weighted by Crippen LogP contribution is -2.07. The smallest absolute Gasteiger partial charge is 0.130 e. The predicted molar refractivity (Wildman–Crippen MR) is 91.9 cm³/mol. The Kier molecular flexibility index (Phi) is 4.84. The maximum Gasteiger partial charge on any atom is 0.130 e. The van der Waals surface area contributed by atoms with Crippen molar-refractivity contribution in [3.8, 4) is 11.3 Å². The number of nitrogens with one attached hydrogen (secondary N) is 1. The van der Waals surface area contributed by atoms with Crippen LogP contribution in [0.2, 0.25) is 0 Å². The van der Waals surface area contributed by atoms with E-state index in [1.807, 2.05) is 31.2 Å². The van der Waals surface area contributed by atoms with E-state index in [2.05, 4.69) is 33.5 Å². The van der Waals surface area contributed by atoms with Gasteiger partial charge in [-0.1, -0.05) is 42.0 Å². The van der Waals surface area contributed by atoms with Gasteiger partial charge < -0.3 is 5.32 Å². The molecule has 3 heteroatoms. The Balaban J connectivity index is 1.66. The third-order valence-electron chi connectivity index (χ3n) is 4.04. The van der Waals surface area contributed by atoms with Gasteiger partial charge in [0.05, 0.1) is 5.69 Å². The molecular weight excluding hydrogens is 270 g/mol. The van der Waals surface area contributed by atoms with Crippen molar-refractivity contribution < 1.29 is 0 Å². The summed E-state index contributed by atoms with van der Waals surface area (Å²) >= 11 is 0. The van der Waals surface area contributed by atoms with Crippen molar-refractivity contribution in [3.63, 3.8) is 0 Å². The van der Waals surface area contributed by atoms with Crippen molar-refractivity contribution in [2.24, 2.45) is 0 Å². The standard InChI is InChI=1S/C19H23N3/c1-15-21-18(17-10-6-3-7-11-17)14-19(22-15)20-13-12-16-8-4-2-5-9-16/h3,6-8,10-11,14H,2,4-5,9,12-13H2,1H3,(H,20,21,22). The lowest BCUT2D eigenvalue weighted by atomic mass is 9.97. The highest BCUT2D eigenvalue weighted by Gasteiger charge is 2.06. The zero-order valence-electron chi connectivity index (χ0n) is 13.2. The number of aryl methyl sites for hydroxylation is 1. The van der Waals surface area contributed by atoms with Crippen LogP contribution in [0.3, 0.4) is 0 Å². The van der Waals surface area contributed by atoms with Gasteiger partial charge in [0.1, 0.15) is 11.6 Å². The van der Waals surface area contributed by atoms with Gasteiger partial charge in [-0.2, -0.15) is 0 Å². The van der Waals surface area contributed by atoms with Crippen LogP contribution in [-0.2, 0) is 0 Å². The summed E-state index contributed by atoms with van der Waals surface area (Å²) in [6, 6.07) is 12.3. The van der Waals surface area contributed by atoms with Crippen molar-refractivity contribution in [1.82, 2.24) is 9.97 Å². The zero-order chi connectivity index (χ0) is 15.2. The molecule has 1 aliphatic rings. The van der Waals surface area contributed by atoms with Crippen LogP contribution in [0.4, 0.5) is 5.82 Å². The highest BCUT2D eigenvalue weighted by molar-refractivity contribution is 5.62. The van der Waals surface area contributed by atoms with Crippen molar-refractivity contribution in [3.05, 3.63) is 53.9 Å². The van der Waals surface area contributed by atoms with E-state index in [1.165, 1.54) is 25.7 Å². The summed E-state index contributed by atoms with van der Waals surface area (Å²) in [7, 11) is 0. The maximum absolute atomic E-state index is 4.54. The van der Waals surface area contributed by atoms with Crippen LogP contribution < -0.4 is 5.32 Å². The van der Waals surface area contributed by atoms with Gasteiger partial charge in [-0.15, -0.1) is 0 Å². The molecule has 0 saturated heterocycles. The van der Waals surface area contributed by atoms with Gasteiger partial charge in [0.15, 0.2) is 0 Å². The number of nitrogens with zero attached hydrogens (tertiary/aromatic N) is 2. The molecule has 0 spiro atoms. The fraction of sp³-hybridized carbons (Fsp3) is 0.368. The first-order valence-electron chi connectivity index (χ1n) is 8.14. The predicted octanol–water partition coefficient (Wildman–Crippen LogP) is 4.75. The average molecular weight is 293 g/mol. The molecule has 2 aromatic rings. The fourth-order valence-corrected chi connectivity index (χ4v) is 2.90. The minimum Gasteiger partial charge on any atom is -0.370 e. The minimum absolute atomic E-state index is 0.806. The Hall–Kier alpha value is -2.16. The summed E-state index contributed by atoms with van der Waals surface area (Å²) in [5.41, 5.74) is 3.70. The average Bonchev–Trinajstić information content (AvgIpc) is 2.56. The third-order valence-corrected chi connectivity index (χ3v) is 4.04. The van der Waals surface area contributed by atoms with Gasteiger partial charge in [-0.3, -0.25) is 0 Å². The summed E-state index contributed by atoms with van der Waals surface area (Å²) in [5, 5.41) is 3.45. The van der Waals surface area contributed by atoms with Crippen LogP contribution in [-0.4, -0.2) is 16.5 Å². The van der Waals surface area contributed by atoms with Crippen LogP contribution in [0, 0.1) is 6.92 Å². The topological polar surface area (TPSA) is 37.8 Å². The molecule has 1 heterocycles. The van der Waals surface area contributed by atoms with E-state index in [-0.39, 0.29) is 0 Å². The lowest BCUT2D eigenvalue weighted by molar-refractivity contribution is 0.679. The van der Waals surface area contributed by atoms with E-state index in [0.717, 1.165) is 35.9 Å². The first-order valence-corrected chi connectivity index (χ1v) is 8.14. The fourth-order valence-electron chi connectivity index (χ4n) is 2.90. The quantitative estimate of drug-likeness (QED) is 0.808. The second-order valence-corrected chi connectivity index (χ2v) is 5.84. The number of benzene rings is 1. The van der Waals surface area contributed by atoms with E-state index in [9.17, 15) is 0 Å². The number of anilines is 1. The Bertz CT molecular complexity index is 647. The molecule has 0 aliphatic heterocycles. The normalized spacial score (nSPS) is 14.5. The Morgan fingerprint density at radius 3 is 2.73 bits per heavy atom. The minimum atomic E-state index is 0.806. The second-order valence-electron chi connectivity index (χ2n) is 5.84. The van der Waals surface area contributed by atoms with E-state index >= 15 is 0 Å². The van der Waals surface area contributed by atoms with E-state index in [4.69, 9.17) is 0 Å². The number of hydrogen-bond acceptors (Lipinski definition) is 3. The summed E-state index contributed by atoms with van der Waals surface area (Å²) < 4.78 is 0. The molecule has 0 saturated carbocycles. The van der Waals surface area contributed by atoms with Crippen LogP contribution in [0.1, 0.15) is 37.9 Å². The molecule has 114 valence electrons. The molecule has 22 heavy (non-hydrogen) atoms. The van der Waals surface area contributed by atoms with E-state index in [0.29, 0.717) is 0 Å². The number of allylic oxidation sites excluding steroid dienone is 1. The van der Waals surface area contributed by atoms with Crippen molar-refractivity contribution in [1.29, 1.82) is 0 Å². The molecule has 0 atom stereocenters. The SMILES string of the molecule is Cc1nc(NCCC2=CCCCC2)cc(-c2ccccc2)n1. The van der Waals surface area contributed by atoms with Crippen LogP contribution in [0.5, 0.6) is 0 Å². The summed E-state index contributed by atoms with van der Waals surface area (Å²) in [4.78, 5) is 9.04. The van der Waals surface area contributed by atoms with Gasteiger partial charge in [0.25, 0.3) is 0 Å². The van der Waals surface area contributed by atoms with Gasteiger partial charge in [0.2, 0.25) is 0 Å². The van der Waals surface area contributed by atoms with Crippen molar-refractivity contribution in [2.75, 3.05) is 11.9 Å². The van der Waals surface area contributed by atoms with Gasteiger partial charge in [-0.25, -0.2) is 9.97 Å². The zero-order valence-corrected chi connectivity index (χ0v) is 13.2. The highest BCUT2D eigenvalue weighted by atomic mass is 15.0. The van der Waals surface area contributed by atoms with Crippen molar-refractivity contribution >= 4 is 5.82 Å². The molecule has 0 fully saturated rings. The summed E-state index contributed by atoms with van der Waals surface area (Å²) in [6.07, 6.45) is 8.73. The van der Waals surface area contributed by atoms with E-state index < -0.39 is 0 Å². The van der Waals surface area contributed by atoms with Crippen molar-refractivity contribution in [2.45, 2.75) is 39.0 Å². The Morgan fingerprint density at radius 2 is 1.95 bits per heavy atom. The Morgan fingerprint density at radius 1 is 1.09 bits per heavy atom. The van der Waals surface area contributed by atoms with E-state index in [1.54, 1.807) is 5.57 Å². The number of hydrogen-bond donors (Lipinski definition) is 1. The molecule has 1 aromatic carbocycles. The molecule has 0 unspecified atom stereocenters. The molecule has 1 aromatic heterocycles. The molecule has 0 amide bonds. The molecular formula is C19H23N3. The summed E-state index contributed by atoms with van der Waals surface area (Å²) in [5.74, 6) is 1.73. The first-order chi connectivity index (χ1) is 10.8. The number of aromatic nitrogens is 2. The lowest BCUT2D eigenvalue weighted by Gasteiger charge is -2.13. The largest absolute Gasteiger partial charge is 0.370 e. The van der Waals surface area contributed by atoms with Gasteiger partial charge >= 0.3 is 0 Å². The maximum atomic E-state index is 4.54. The van der Waals surface area contributed by atoms with Gasteiger partial charge in [-0.05, 0) is 39.0 Å². The molecule has 1 aliphatic carbocycles. The monoisotopic (exact) mass is 293 g/mol. The molecule has 3 nitrogen and oxygen atoms in total. The van der Waals surface area contributed by atoms with Crippen LogP contribution >= 0.6 is 0 Å². The third kappa shape index (κ3) is 3.94. The summed E-state index contributed by atoms with van der Waals surface area (Å²) in [6.45, 7) is 2.89. The van der Waals surface area contributed by atoms with Crippen LogP contribution in [0.25, 0.3) is 11.3 Å². The molecule has 0 radical (unpaired) electrons. The molecule has 1 N–H and O–H groups in total. The molecule has 3 rings (SSSR count).